The lowest BCUT2D eigenvalue weighted by Crippen LogP contribution is -2.45. The fourth-order valence-corrected chi connectivity index (χ4v) is 10.5. The van der Waals surface area contributed by atoms with Gasteiger partial charge in [0.05, 0.1) is 30.9 Å². The first-order chi connectivity index (χ1) is 22.8. The Morgan fingerprint density at radius 1 is 1.12 bits per heavy atom. The highest BCUT2D eigenvalue weighted by Gasteiger charge is 2.67. The number of halogens is 1. The molecule has 2 fully saturated rings. The Morgan fingerprint density at radius 3 is 2.50 bits per heavy atom. The Bertz CT molecular complexity index is 1570. The number of anilines is 3. The standard InChI is InChI=1S/C38H50FN3O5Si/c1-26(2)12-10-13-27(3)19-21-41-33-18-17-30(42(25-44)29-14-8-7-9-15-29)22-32(33)38(37(41)46)28(4)36(48(5,6)39)34(47-38)23-35(45)40-20-11-16-31(40)24-43/h7-9,12,14-15,17-19,22,25,28,31,34,36,43H,10-11,13,16,20-21,23-24H2,1-6H3/b27-19+/t28-,31+,34+,36-,38+/m1/s1. The van der Waals surface area contributed by atoms with Crippen LogP contribution in [0.3, 0.4) is 0 Å². The lowest BCUT2D eigenvalue weighted by molar-refractivity contribution is -0.149. The average molecular weight is 676 g/mol. The number of benzene rings is 2. The number of hydrogen-bond acceptors (Lipinski definition) is 5. The second-order valence-corrected chi connectivity index (χ2v) is 18.1. The highest BCUT2D eigenvalue weighted by atomic mass is 28.4. The molecular formula is C38H50FN3O5Si. The lowest BCUT2D eigenvalue weighted by atomic mass is 9.82. The van der Waals surface area contributed by atoms with Crippen molar-refractivity contribution in [3.8, 4) is 0 Å². The number of hydrogen-bond donors (Lipinski definition) is 1. The summed E-state index contributed by atoms with van der Waals surface area (Å²) in [5.41, 5.74) is 2.71. The van der Waals surface area contributed by atoms with Gasteiger partial charge in [-0.3, -0.25) is 19.3 Å². The Kier molecular flexibility index (Phi) is 10.8. The Balaban J connectivity index is 1.58. The van der Waals surface area contributed by atoms with E-state index in [4.69, 9.17) is 4.74 Å². The molecule has 3 amide bonds. The van der Waals surface area contributed by atoms with Gasteiger partial charge in [-0.15, -0.1) is 0 Å². The van der Waals surface area contributed by atoms with Crippen molar-refractivity contribution in [2.24, 2.45) is 5.92 Å². The molecule has 3 heterocycles. The molecule has 0 unspecified atom stereocenters. The SMILES string of the molecule is CC(C)=CCC/C(C)=C/CN1C(=O)[C@@]2(O[C@@H](CC(=O)N3CCC[C@H]3CO)[C@H]([Si](C)(C)F)[C@H]2C)c2cc(N(C=O)c3ccccc3)ccc21. The van der Waals surface area contributed by atoms with Crippen LogP contribution in [0.2, 0.25) is 18.6 Å². The zero-order valence-electron chi connectivity index (χ0n) is 29.1. The number of allylic oxidation sites excluding steroid dienone is 3. The van der Waals surface area contributed by atoms with Crippen molar-refractivity contribution in [2.75, 3.05) is 29.5 Å². The third kappa shape index (κ3) is 6.80. The van der Waals surface area contributed by atoms with E-state index in [9.17, 15) is 19.5 Å². The summed E-state index contributed by atoms with van der Waals surface area (Å²) in [5.74, 6) is -1.04. The molecule has 2 aromatic carbocycles. The molecule has 3 aliphatic rings. The van der Waals surface area contributed by atoms with E-state index in [0.717, 1.165) is 37.7 Å². The summed E-state index contributed by atoms with van der Waals surface area (Å²) in [6.45, 7) is 12.1. The van der Waals surface area contributed by atoms with E-state index in [1.165, 1.54) is 10.5 Å². The lowest BCUT2D eigenvalue weighted by Gasteiger charge is -2.31. The number of aliphatic hydroxyl groups is 1. The van der Waals surface area contributed by atoms with Gasteiger partial charge < -0.3 is 23.8 Å². The zero-order valence-corrected chi connectivity index (χ0v) is 30.1. The summed E-state index contributed by atoms with van der Waals surface area (Å²) >= 11 is 0. The summed E-state index contributed by atoms with van der Waals surface area (Å²) in [6, 6.07) is 14.5. The van der Waals surface area contributed by atoms with Crippen LogP contribution in [-0.4, -0.2) is 68.5 Å². The predicted octanol–water partition coefficient (Wildman–Crippen LogP) is 7.17. The Morgan fingerprint density at radius 2 is 1.85 bits per heavy atom. The topological polar surface area (TPSA) is 90.4 Å². The van der Waals surface area contributed by atoms with Crippen molar-refractivity contribution >= 4 is 43.7 Å². The number of amides is 3. The van der Waals surface area contributed by atoms with Crippen LogP contribution in [0.4, 0.5) is 21.2 Å². The summed E-state index contributed by atoms with van der Waals surface area (Å²) in [6.07, 6.45) is 7.40. The minimum absolute atomic E-state index is 0.0657. The number of carbonyl (C=O) groups excluding carboxylic acids is 3. The minimum Gasteiger partial charge on any atom is -0.394 e. The molecule has 2 aromatic rings. The van der Waals surface area contributed by atoms with E-state index in [0.29, 0.717) is 35.7 Å². The summed E-state index contributed by atoms with van der Waals surface area (Å²) in [4.78, 5) is 45.9. The number of aliphatic hydroxyl groups excluding tert-OH is 1. The van der Waals surface area contributed by atoms with E-state index in [2.05, 4.69) is 32.9 Å². The molecule has 0 aromatic heterocycles. The normalized spacial score (nSPS) is 25.5. The molecule has 5 rings (SSSR count). The average Bonchev–Trinajstić information content (AvgIpc) is 3.70. The molecular weight excluding hydrogens is 626 g/mol. The predicted molar refractivity (Wildman–Crippen MR) is 190 cm³/mol. The molecule has 0 aliphatic carbocycles. The summed E-state index contributed by atoms with van der Waals surface area (Å²) in [5, 5.41) is 9.88. The van der Waals surface area contributed by atoms with Gasteiger partial charge in [0.15, 0.2) is 5.60 Å². The van der Waals surface area contributed by atoms with E-state index >= 15 is 4.11 Å². The van der Waals surface area contributed by atoms with Gasteiger partial charge in [-0.05, 0) is 89.9 Å². The molecule has 5 atom stereocenters. The van der Waals surface area contributed by atoms with E-state index in [-0.39, 0.29) is 30.9 Å². The van der Waals surface area contributed by atoms with Gasteiger partial charge >= 0.3 is 0 Å². The second-order valence-electron chi connectivity index (χ2n) is 14.3. The molecule has 1 spiro atoms. The highest BCUT2D eigenvalue weighted by Crippen LogP contribution is 2.60. The van der Waals surface area contributed by atoms with Gasteiger partial charge in [0.1, 0.15) is 0 Å². The van der Waals surface area contributed by atoms with Gasteiger partial charge in [-0.1, -0.05) is 48.4 Å². The van der Waals surface area contributed by atoms with Gasteiger partial charge in [0.2, 0.25) is 20.7 Å². The van der Waals surface area contributed by atoms with Crippen LogP contribution in [-0.2, 0) is 24.7 Å². The van der Waals surface area contributed by atoms with Crippen LogP contribution in [0, 0.1) is 5.92 Å². The third-order valence-corrected chi connectivity index (χ3v) is 12.8. The zero-order chi connectivity index (χ0) is 34.8. The quantitative estimate of drug-likeness (QED) is 0.112. The van der Waals surface area contributed by atoms with Crippen LogP contribution in [0.1, 0.15) is 65.4 Å². The van der Waals surface area contributed by atoms with E-state index in [1.807, 2.05) is 55.5 Å². The maximum atomic E-state index is 16.4. The number of rotatable bonds is 12. The van der Waals surface area contributed by atoms with Crippen molar-refractivity contribution in [2.45, 2.75) is 96.2 Å². The maximum absolute atomic E-state index is 16.4. The van der Waals surface area contributed by atoms with Crippen molar-refractivity contribution in [1.29, 1.82) is 0 Å². The van der Waals surface area contributed by atoms with Crippen LogP contribution in [0.15, 0.2) is 71.8 Å². The first-order valence-corrected chi connectivity index (χ1v) is 20.1. The number of likely N-dealkylation sites (tertiary alicyclic amines) is 1. The molecule has 48 heavy (non-hydrogen) atoms. The number of nitrogens with zero attached hydrogens (tertiary/aromatic N) is 3. The second kappa shape index (κ2) is 14.5. The Hall–Kier alpha value is -3.60. The molecule has 258 valence electrons. The molecule has 8 nitrogen and oxygen atoms in total. The van der Waals surface area contributed by atoms with Gasteiger partial charge in [-0.25, -0.2) is 0 Å². The fraction of sp³-hybridized carbons (Fsp3) is 0.500. The van der Waals surface area contributed by atoms with Crippen LogP contribution in [0.5, 0.6) is 0 Å². The van der Waals surface area contributed by atoms with Crippen molar-refractivity contribution in [3.63, 3.8) is 0 Å². The first kappa shape index (κ1) is 35.7. The van der Waals surface area contributed by atoms with Crippen LogP contribution < -0.4 is 9.80 Å². The highest BCUT2D eigenvalue weighted by molar-refractivity contribution is 6.72. The van der Waals surface area contributed by atoms with Gasteiger partial charge in [0.25, 0.3) is 5.91 Å². The maximum Gasteiger partial charge on any atom is 0.264 e. The van der Waals surface area contributed by atoms with Crippen LogP contribution >= 0.6 is 0 Å². The fourth-order valence-electron chi connectivity index (χ4n) is 8.01. The monoisotopic (exact) mass is 675 g/mol. The van der Waals surface area contributed by atoms with Crippen molar-refractivity contribution in [3.05, 3.63) is 77.4 Å². The molecule has 0 radical (unpaired) electrons. The molecule has 3 aliphatic heterocycles. The summed E-state index contributed by atoms with van der Waals surface area (Å²) < 4.78 is 23.3. The third-order valence-electron chi connectivity index (χ3n) is 10.4. The minimum atomic E-state index is -3.50. The number of carbonyl (C=O) groups is 3. The summed E-state index contributed by atoms with van der Waals surface area (Å²) in [7, 11) is -3.50. The van der Waals surface area contributed by atoms with E-state index < -0.39 is 31.6 Å². The number of ether oxygens (including phenoxy) is 1. The van der Waals surface area contributed by atoms with Crippen molar-refractivity contribution < 1.29 is 28.3 Å². The largest absolute Gasteiger partial charge is 0.394 e. The molecule has 1 N–H and O–H groups in total. The van der Waals surface area contributed by atoms with E-state index in [1.54, 1.807) is 22.9 Å². The first-order valence-electron chi connectivity index (χ1n) is 17.2. The number of fused-ring (bicyclic) bond motifs is 2. The molecule has 0 saturated carbocycles. The van der Waals surface area contributed by atoms with Crippen LogP contribution in [0.25, 0.3) is 0 Å². The van der Waals surface area contributed by atoms with Gasteiger partial charge in [0, 0.05) is 41.5 Å². The smallest absolute Gasteiger partial charge is 0.264 e. The number of para-hydroxylation sites is 1. The molecule has 2 saturated heterocycles. The Labute approximate surface area is 285 Å². The van der Waals surface area contributed by atoms with Crippen molar-refractivity contribution in [1.82, 2.24) is 4.90 Å². The molecule has 0 bridgehead atoms. The van der Waals surface area contributed by atoms with Gasteiger partial charge in [-0.2, -0.15) is 0 Å². The molecule has 10 heteroatoms.